The highest BCUT2D eigenvalue weighted by atomic mass is 16.2. The van der Waals surface area contributed by atoms with E-state index < -0.39 is 6.04 Å². The molecule has 0 bridgehead atoms. The van der Waals surface area contributed by atoms with E-state index in [4.69, 9.17) is 11.0 Å². The highest BCUT2D eigenvalue weighted by Gasteiger charge is 2.30. The van der Waals surface area contributed by atoms with E-state index in [0.29, 0.717) is 18.5 Å². The zero-order valence-corrected chi connectivity index (χ0v) is 11.5. The van der Waals surface area contributed by atoms with Crippen LogP contribution in [0.5, 0.6) is 0 Å². The molecule has 0 aliphatic carbocycles. The van der Waals surface area contributed by atoms with Gasteiger partial charge in [0.1, 0.15) is 0 Å². The number of rotatable bonds is 2. The maximum absolute atomic E-state index is 12.4. The minimum Gasteiger partial charge on any atom is -0.320 e. The number of nitriles is 1. The van der Waals surface area contributed by atoms with E-state index in [1.165, 1.54) is 0 Å². The third-order valence-electron chi connectivity index (χ3n) is 3.70. The molecule has 4 nitrogen and oxygen atoms in total. The molecule has 0 saturated carbocycles. The molecule has 104 valence electrons. The molecule has 2 aromatic carbocycles. The summed E-state index contributed by atoms with van der Waals surface area (Å²) in [5.41, 5.74) is 9.46. The summed E-state index contributed by atoms with van der Waals surface area (Å²) in [5.74, 6) is -0.0731. The Kier molecular flexibility index (Phi) is 3.43. The van der Waals surface area contributed by atoms with E-state index in [1.54, 1.807) is 17.0 Å². The van der Waals surface area contributed by atoms with Crippen LogP contribution in [0.25, 0.3) is 0 Å². The number of carbonyl (C=O) groups is 1. The summed E-state index contributed by atoms with van der Waals surface area (Å²) < 4.78 is 0. The van der Waals surface area contributed by atoms with Gasteiger partial charge in [0, 0.05) is 5.69 Å². The lowest BCUT2D eigenvalue weighted by molar-refractivity contribution is -0.120. The van der Waals surface area contributed by atoms with Crippen molar-refractivity contribution in [2.24, 2.45) is 5.73 Å². The van der Waals surface area contributed by atoms with Crippen LogP contribution in [0.15, 0.2) is 48.5 Å². The van der Waals surface area contributed by atoms with E-state index in [-0.39, 0.29) is 5.91 Å². The number of nitrogens with two attached hydrogens (primary N) is 1. The molecule has 2 N–H and O–H groups in total. The van der Waals surface area contributed by atoms with E-state index in [1.807, 2.05) is 36.4 Å². The fraction of sp³-hybridized carbons (Fsp3) is 0.176. The highest BCUT2D eigenvalue weighted by Crippen LogP contribution is 2.28. The number of carbonyl (C=O) groups excluding carboxylic acids is 1. The second kappa shape index (κ2) is 5.39. The summed E-state index contributed by atoms with van der Waals surface area (Å²) in [5, 5.41) is 8.97. The van der Waals surface area contributed by atoms with Crippen LogP contribution < -0.4 is 10.6 Å². The maximum atomic E-state index is 12.4. The molecule has 21 heavy (non-hydrogen) atoms. The van der Waals surface area contributed by atoms with Crippen molar-refractivity contribution in [3.05, 3.63) is 65.2 Å². The second-order valence-electron chi connectivity index (χ2n) is 5.18. The molecule has 1 atom stereocenters. The number of hydrogen-bond acceptors (Lipinski definition) is 3. The predicted octanol–water partition coefficient (Wildman–Crippen LogP) is 1.97. The minimum absolute atomic E-state index is 0.0731. The summed E-state index contributed by atoms with van der Waals surface area (Å²) >= 11 is 0. The summed E-state index contributed by atoms with van der Waals surface area (Å²) in [4.78, 5) is 14.1. The fourth-order valence-corrected chi connectivity index (χ4v) is 2.67. The van der Waals surface area contributed by atoms with Crippen molar-refractivity contribution >= 4 is 11.6 Å². The van der Waals surface area contributed by atoms with Crippen molar-refractivity contribution in [1.29, 1.82) is 5.26 Å². The second-order valence-corrected chi connectivity index (χ2v) is 5.18. The average molecular weight is 277 g/mol. The van der Waals surface area contributed by atoms with Crippen LogP contribution in [0.3, 0.4) is 0 Å². The number of hydrogen-bond donors (Lipinski definition) is 1. The summed E-state index contributed by atoms with van der Waals surface area (Å²) in [7, 11) is 0. The molecule has 0 unspecified atom stereocenters. The van der Waals surface area contributed by atoms with Crippen LogP contribution >= 0.6 is 0 Å². The third kappa shape index (κ3) is 2.51. The van der Waals surface area contributed by atoms with Crippen LogP contribution in [0.1, 0.15) is 16.7 Å². The van der Waals surface area contributed by atoms with Gasteiger partial charge in [-0.1, -0.05) is 30.3 Å². The molecule has 4 heteroatoms. The standard InChI is InChI=1S/C17H15N3O/c18-10-12-4-3-5-13(8-12)11-20-16-7-2-1-6-14(16)9-15(19)17(20)21/h1-8,15H,9,11,19H2/t15-/m1/s1. The smallest absolute Gasteiger partial charge is 0.244 e. The van der Waals surface area contributed by atoms with E-state index in [2.05, 4.69) is 6.07 Å². The van der Waals surface area contributed by atoms with Gasteiger partial charge in [0.25, 0.3) is 0 Å². The highest BCUT2D eigenvalue weighted by molar-refractivity contribution is 6.00. The Bertz CT molecular complexity index is 733. The third-order valence-corrected chi connectivity index (χ3v) is 3.70. The molecule has 0 fully saturated rings. The first kappa shape index (κ1) is 13.3. The molecule has 0 aromatic heterocycles. The van der Waals surface area contributed by atoms with Gasteiger partial charge in [-0.25, -0.2) is 0 Å². The quantitative estimate of drug-likeness (QED) is 0.912. The number of benzene rings is 2. The molecule has 1 aliphatic rings. The van der Waals surface area contributed by atoms with Gasteiger partial charge in [-0.2, -0.15) is 5.26 Å². The van der Waals surface area contributed by atoms with E-state index in [0.717, 1.165) is 16.8 Å². The van der Waals surface area contributed by atoms with Gasteiger partial charge < -0.3 is 10.6 Å². The average Bonchev–Trinajstić information content (AvgIpc) is 2.52. The number of fused-ring (bicyclic) bond motifs is 1. The Labute approximate surface area is 123 Å². The van der Waals surface area contributed by atoms with E-state index in [9.17, 15) is 4.79 Å². The van der Waals surface area contributed by atoms with Crippen molar-refractivity contribution in [3.63, 3.8) is 0 Å². The molecule has 0 spiro atoms. The largest absolute Gasteiger partial charge is 0.320 e. The molecule has 1 amide bonds. The molecular formula is C17H15N3O. The molecule has 2 aromatic rings. The zero-order valence-electron chi connectivity index (χ0n) is 11.5. The molecule has 0 saturated heterocycles. The van der Waals surface area contributed by atoms with Crippen LogP contribution in [0, 0.1) is 11.3 Å². The Morgan fingerprint density at radius 2 is 2.05 bits per heavy atom. The molecular weight excluding hydrogens is 262 g/mol. The monoisotopic (exact) mass is 277 g/mol. The Morgan fingerprint density at radius 1 is 1.24 bits per heavy atom. The van der Waals surface area contributed by atoms with Crippen molar-refractivity contribution < 1.29 is 4.79 Å². The Hall–Kier alpha value is -2.64. The Morgan fingerprint density at radius 3 is 2.86 bits per heavy atom. The lowest BCUT2D eigenvalue weighted by Gasteiger charge is -2.32. The van der Waals surface area contributed by atoms with E-state index >= 15 is 0 Å². The molecule has 1 heterocycles. The lowest BCUT2D eigenvalue weighted by atomic mass is 9.97. The topological polar surface area (TPSA) is 70.1 Å². The number of para-hydroxylation sites is 1. The summed E-state index contributed by atoms with van der Waals surface area (Å²) in [6.45, 7) is 0.430. The van der Waals surface area contributed by atoms with Crippen molar-refractivity contribution in [1.82, 2.24) is 0 Å². The lowest BCUT2D eigenvalue weighted by Crippen LogP contribution is -2.48. The molecule has 0 radical (unpaired) electrons. The van der Waals surface area contributed by atoms with Crippen LogP contribution in [0.4, 0.5) is 5.69 Å². The van der Waals surface area contributed by atoms with Gasteiger partial charge >= 0.3 is 0 Å². The first-order valence-corrected chi connectivity index (χ1v) is 6.83. The normalized spacial score (nSPS) is 17.2. The first-order valence-electron chi connectivity index (χ1n) is 6.83. The zero-order chi connectivity index (χ0) is 14.8. The van der Waals surface area contributed by atoms with Crippen LogP contribution in [-0.4, -0.2) is 11.9 Å². The van der Waals surface area contributed by atoms with Crippen molar-refractivity contribution in [3.8, 4) is 6.07 Å². The number of nitrogens with zero attached hydrogens (tertiary/aromatic N) is 2. The summed E-state index contributed by atoms with van der Waals surface area (Å²) in [6, 6.07) is 16.7. The van der Waals surface area contributed by atoms with Gasteiger partial charge in [0.2, 0.25) is 5.91 Å². The predicted molar refractivity (Wildman–Crippen MR) is 80.5 cm³/mol. The first-order chi connectivity index (χ1) is 10.2. The van der Waals surface area contributed by atoms with Crippen molar-refractivity contribution in [2.45, 2.75) is 19.0 Å². The number of anilines is 1. The molecule has 1 aliphatic heterocycles. The van der Waals surface area contributed by atoms with Crippen molar-refractivity contribution in [2.75, 3.05) is 4.90 Å². The molecule has 3 rings (SSSR count). The van der Waals surface area contributed by atoms with Gasteiger partial charge in [0.05, 0.1) is 24.2 Å². The number of amides is 1. The minimum atomic E-state index is -0.501. The van der Waals surface area contributed by atoms with Gasteiger partial charge in [0.15, 0.2) is 0 Å². The van der Waals surface area contributed by atoms with Gasteiger partial charge in [-0.3, -0.25) is 4.79 Å². The Balaban J connectivity index is 1.97. The van der Waals surface area contributed by atoms with Gasteiger partial charge in [-0.15, -0.1) is 0 Å². The summed E-state index contributed by atoms with van der Waals surface area (Å²) in [6.07, 6.45) is 0.573. The maximum Gasteiger partial charge on any atom is 0.244 e. The fourth-order valence-electron chi connectivity index (χ4n) is 2.67. The SMILES string of the molecule is N#Cc1cccc(CN2C(=O)[C@H](N)Cc3ccccc32)c1. The van der Waals surface area contributed by atoms with Gasteiger partial charge in [-0.05, 0) is 35.7 Å². The van der Waals surface area contributed by atoms with Crippen LogP contribution in [0.2, 0.25) is 0 Å². The van der Waals surface area contributed by atoms with Crippen LogP contribution in [-0.2, 0) is 17.8 Å².